The highest BCUT2D eigenvalue weighted by Gasteiger charge is 2.17. The third-order valence-corrected chi connectivity index (χ3v) is 4.75. The second-order valence-corrected chi connectivity index (χ2v) is 6.68. The van der Waals surface area contributed by atoms with Gasteiger partial charge in [0.15, 0.2) is 0 Å². The molecule has 0 unspecified atom stereocenters. The van der Waals surface area contributed by atoms with E-state index in [0.29, 0.717) is 6.54 Å². The molecular weight excluding hydrogens is 320 g/mol. The van der Waals surface area contributed by atoms with Crippen molar-refractivity contribution in [3.8, 4) is 0 Å². The van der Waals surface area contributed by atoms with Gasteiger partial charge >= 0.3 is 0 Å². The molecule has 0 saturated carbocycles. The first-order valence-electron chi connectivity index (χ1n) is 8.24. The normalized spacial score (nSPS) is 14.5. The molecule has 2 aromatic rings. The van der Waals surface area contributed by atoms with Crippen molar-refractivity contribution in [1.29, 1.82) is 0 Å². The minimum Gasteiger partial charge on any atom is -0.365 e. The number of thioether (sulfide) groups is 1. The van der Waals surface area contributed by atoms with Crippen molar-refractivity contribution >= 4 is 23.5 Å². The maximum atomic E-state index is 12.5. The van der Waals surface area contributed by atoms with Gasteiger partial charge in [0.1, 0.15) is 10.8 Å². The molecule has 0 radical (unpaired) electrons. The minimum absolute atomic E-state index is 0.146. The summed E-state index contributed by atoms with van der Waals surface area (Å²) in [6.45, 7) is 2.42. The lowest BCUT2D eigenvalue weighted by Gasteiger charge is -2.26. The summed E-state index contributed by atoms with van der Waals surface area (Å²) >= 11 is 1.57. The molecule has 0 aliphatic carbocycles. The van der Waals surface area contributed by atoms with Crippen LogP contribution in [0, 0.1) is 0 Å². The Morgan fingerprint density at radius 2 is 1.92 bits per heavy atom. The van der Waals surface area contributed by atoms with Gasteiger partial charge in [-0.3, -0.25) is 9.78 Å². The zero-order valence-corrected chi connectivity index (χ0v) is 14.7. The Labute approximate surface area is 146 Å². The van der Waals surface area contributed by atoms with Crippen LogP contribution in [0.15, 0.2) is 41.7 Å². The lowest BCUT2D eigenvalue weighted by molar-refractivity contribution is 0.0724. The van der Waals surface area contributed by atoms with Crippen molar-refractivity contribution in [1.82, 2.24) is 14.9 Å². The van der Waals surface area contributed by atoms with Gasteiger partial charge in [0.25, 0.3) is 5.91 Å². The fourth-order valence-corrected chi connectivity index (χ4v) is 3.12. The maximum absolute atomic E-state index is 12.5. The third-order valence-electron chi connectivity index (χ3n) is 4.14. The Balaban J connectivity index is 1.58. The van der Waals surface area contributed by atoms with Crippen LogP contribution in [0.5, 0.6) is 0 Å². The first kappa shape index (κ1) is 16.8. The summed E-state index contributed by atoms with van der Waals surface area (Å²) in [5, 5.41) is 4.16. The van der Waals surface area contributed by atoms with Crippen LogP contribution in [-0.2, 0) is 6.54 Å². The van der Waals surface area contributed by atoms with E-state index in [1.54, 1.807) is 24.2 Å². The van der Waals surface area contributed by atoms with Gasteiger partial charge in [0, 0.05) is 25.2 Å². The van der Waals surface area contributed by atoms with Crippen LogP contribution in [0.4, 0.5) is 5.82 Å². The van der Waals surface area contributed by atoms with Gasteiger partial charge in [-0.05, 0) is 43.2 Å². The zero-order chi connectivity index (χ0) is 16.8. The van der Waals surface area contributed by atoms with E-state index in [2.05, 4.69) is 15.3 Å². The number of carbonyl (C=O) groups is 1. The van der Waals surface area contributed by atoms with E-state index < -0.39 is 0 Å². The van der Waals surface area contributed by atoms with E-state index in [9.17, 15) is 4.79 Å². The second-order valence-electron chi connectivity index (χ2n) is 5.85. The van der Waals surface area contributed by atoms with Gasteiger partial charge in [0.2, 0.25) is 0 Å². The number of hydrogen-bond donors (Lipinski definition) is 1. The summed E-state index contributed by atoms with van der Waals surface area (Å²) in [5.41, 5.74) is 1.88. The van der Waals surface area contributed by atoms with E-state index in [-0.39, 0.29) is 5.91 Å². The van der Waals surface area contributed by atoms with Crippen molar-refractivity contribution in [3.05, 3.63) is 47.8 Å². The lowest BCUT2D eigenvalue weighted by Crippen LogP contribution is -2.35. The van der Waals surface area contributed by atoms with Crippen LogP contribution in [0.3, 0.4) is 0 Å². The molecule has 1 amide bonds. The van der Waals surface area contributed by atoms with Crippen molar-refractivity contribution in [3.63, 3.8) is 0 Å². The number of aromatic nitrogens is 2. The Kier molecular flexibility index (Phi) is 5.69. The number of amides is 1. The predicted molar refractivity (Wildman–Crippen MR) is 97.3 cm³/mol. The first-order valence-corrected chi connectivity index (χ1v) is 9.47. The van der Waals surface area contributed by atoms with Gasteiger partial charge in [-0.25, -0.2) is 4.98 Å². The first-order chi connectivity index (χ1) is 11.8. The van der Waals surface area contributed by atoms with Gasteiger partial charge in [0.05, 0.1) is 12.4 Å². The summed E-state index contributed by atoms with van der Waals surface area (Å²) in [6, 6.07) is 7.82. The Hall–Kier alpha value is -2.08. The Morgan fingerprint density at radius 1 is 1.17 bits per heavy atom. The van der Waals surface area contributed by atoms with E-state index in [1.165, 1.54) is 6.42 Å². The topological polar surface area (TPSA) is 58.1 Å². The van der Waals surface area contributed by atoms with Crippen molar-refractivity contribution in [2.75, 3.05) is 24.7 Å². The van der Waals surface area contributed by atoms with Crippen LogP contribution in [0.1, 0.15) is 35.2 Å². The molecule has 1 aromatic carbocycles. The molecule has 1 N–H and O–H groups in total. The van der Waals surface area contributed by atoms with Crippen molar-refractivity contribution in [2.45, 2.75) is 30.8 Å². The van der Waals surface area contributed by atoms with Crippen LogP contribution >= 0.6 is 11.8 Å². The Morgan fingerprint density at radius 3 is 2.62 bits per heavy atom. The van der Waals surface area contributed by atoms with Crippen molar-refractivity contribution < 1.29 is 4.79 Å². The number of benzene rings is 1. The summed E-state index contributed by atoms with van der Waals surface area (Å²) < 4.78 is 0. The number of hydrogen-bond acceptors (Lipinski definition) is 5. The fourth-order valence-electron chi connectivity index (χ4n) is 2.77. The number of anilines is 1. The SMILES string of the molecule is CSc1cncc(NCc2ccc(C(=O)N3CCCCC3)cc2)n1. The molecule has 1 saturated heterocycles. The molecule has 126 valence electrons. The highest BCUT2D eigenvalue weighted by atomic mass is 32.2. The average Bonchev–Trinajstić information content (AvgIpc) is 2.67. The molecule has 1 fully saturated rings. The molecule has 24 heavy (non-hydrogen) atoms. The minimum atomic E-state index is 0.146. The number of rotatable bonds is 5. The molecule has 0 atom stereocenters. The monoisotopic (exact) mass is 342 g/mol. The number of likely N-dealkylation sites (tertiary alicyclic amines) is 1. The molecule has 6 heteroatoms. The molecule has 1 aromatic heterocycles. The number of nitrogens with zero attached hydrogens (tertiary/aromatic N) is 3. The number of piperidine rings is 1. The van der Waals surface area contributed by atoms with Gasteiger partial charge in [-0.2, -0.15) is 0 Å². The summed E-state index contributed by atoms with van der Waals surface area (Å²) in [7, 11) is 0. The standard InChI is InChI=1S/C18H22N4OS/c1-24-17-13-19-12-16(21-17)20-11-14-5-7-15(8-6-14)18(23)22-9-3-2-4-10-22/h5-8,12-13H,2-4,9-11H2,1H3,(H,20,21). The Bertz CT molecular complexity index is 684. The van der Waals surface area contributed by atoms with Crippen LogP contribution in [0.2, 0.25) is 0 Å². The highest BCUT2D eigenvalue weighted by Crippen LogP contribution is 2.15. The molecule has 0 bridgehead atoms. The highest BCUT2D eigenvalue weighted by molar-refractivity contribution is 7.98. The molecule has 1 aliphatic rings. The summed E-state index contributed by atoms with van der Waals surface area (Å²) in [5.74, 6) is 0.906. The second kappa shape index (κ2) is 8.15. The van der Waals surface area contributed by atoms with E-state index >= 15 is 0 Å². The van der Waals surface area contributed by atoms with E-state index in [1.807, 2.05) is 35.4 Å². The fraction of sp³-hybridized carbons (Fsp3) is 0.389. The van der Waals surface area contributed by atoms with Gasteiger partial charge in [-0.15, -0.1) is 11.8 Å². The summed E-state index contributed by atoms with van der Waals surface area (Å²) in [4.78, 5) is 23.0. The van der Waals surface area contributed by atoms with E-state index in [4.69, 9.17) is 0 Å². The van der Waals surface area contributed by atoms with Crippen LogP contribution in [-0.4, -0.2) is 40.1 Å². The van der Waals surface area contributed by atoms with Gasteiger partial charge in [-0.1, -0.05) is 12.1 Å². The predicted octanol–water partition coefficient (Wildman–Crippen LogP) is 3.44. The van der Waals surface area contributed by atoms with Crippen molar-refractivity contribution in [2.24, 2.45) is 0 Å². The van der Waals surface area contributed by atoms with Crippen LogP contribution < -0.4 is 5.32 Å². The molecule has 2 heterocycles. The molecular formula is C18H22N4OS. The average molecular weight is 342 g/mol. The number of nitrogens with one attached hydrogen (secondary N) is 1. The number of carbonyl (C=O) groups excluding carboxylic acids is 1. The summed E-state index contributed by atoms with van der Waals surface area (Å²) in [6.07, 6.45) is 8.90. The molecule has 3 rings (SSSR count). The van der Waals surface area contributed by atoms with Crippen LogP contribution in [0.25, 0.3) is 0 Å². The molecule has 0 spiro atoms. The van der Waals surface area contributed by atoms with Gasteiger partial charge < -0.3 is 10.2 Å². The van der Waals surface area contributed by atoms with E-state index in [0.717, 1.165) is 47.9 Å². The smallest absolute Gasteiger partial charge is 0.253 e. The maximum Gasteiger partial charge on any atom is 0.253 e. The molecule has 1 aliphatic heterocycles. The third kappa shape index (κ3) is 4.26. The largest absolute Gasteiger partial charge is 0.365 e. The zero-order valence-electron chi connectivity index (χ0n) is 13.9. The molecule has 5 nitrogen and oxygen atoms in total. The quantitative estimate of drug-likeness (QED) is 0.844. The lowest BCUT2D eigenvalue weighted by atomic mass is 10.1.